The van der Waals surface area contributed by atoms with Crippen LogP contribution in [-0.4, -0.2) is 41.4 Å². The molecule has 1 aromatic carbocycles. The molecule has 0 aromatic heterocycles. The van der Waals surface area contributed by atoms with E-state index in [2.05, 4.69) is 15.9 Å². The maximum Gasteiger partial charge on any atom is 0.410 e. The number of aliphatic hydroxyl groups is 1. The molecule has 0 aliphatic carbocycles. The smallest absolute Gasteiger partial charge is 0.410 e. The van der Waals surface area contributed by atoms with Crippen LogP contribution in [0, 0.1) is 11.2 Å². The second-order valence-corrected chi connectivity index (χ2v) is 8.36. The summed E-state index contributed by atoms with van der Waals surface area (Å²) in [6, 6.07) is 4.89. The van der Waals surface area contributed by atoms with Gasteiger partial charge in [-0.05, 0) is 52.2 Å². The van der Waals surface area contributed by atoms with E-state index in [0.29, 0.717) is 42.4 Å². The van der Waals surface area contributed by atoms with Crippen LogP contribution in [0.4, 0.5) is 9.18 Å². The van der Waals surface area contributed by atoms with E-state index < -0.39 is 11.0 Å². The Morgan fingerprint density at radius 3 is 2.50 bits per heavy atom. The lowest BCUT2D eigenvalue weighted by atomic mass is 9.74. The summed E-state index contributed by atoms with van der Waals surface area (Å²) in [4.78, 5) is 13.8. The van der Waals surface area contributed by atoms with Crippen LogP contribution in [0.5, 0.6) is 0 Å². The van der Waals surface area contributed by atoms with Crippen LogP contribution in [0.25, 0.3) is 0 Å². The van der Waals surface area contributed by atoms with E-state index in [1.54, 1.807) is 17.0 Å². The number of rotatable bonds is 3. The molecule has 1 aromatic rings. The van der Waals surface area contributed by atoms with E-state index in [1.807, 2.05) is 20.8 Å². The number of nitrogens with zero attached hydrogens (tertiary/aromatic N) is 1. The number of hydrogen-bond acceptors (Lipinski definition) is 3. The van der Waals surface area contributed by atoms with E-state index in [-0.39, 0.29) is 18.5 Å². The molecule has 1 heterocycles. The minimum Gasteiger partial charge on any atom is -0.444 e. The highest BCUT2D eigenvalue weighted by atomic mass is 79.9. The van der Waals surface area contributed by atoms with Crippen LogP contribution < -0.4 is 0 Å². The van der Waals surface area contributed by atoms with Crippen molar-refractivity contribution in [3.05, 3.63) is 34.1 Å². The van der Waals surface area contributed by atoms with Crippen molar-refractivity contribution in [2.45, 2.75) is 45.6 Å². The molecule has 0 atom stereocenters. The molecule has 0 radical (unpaired) electrons. The van der Waals surface area contributed by atoms with E-state index in [0.717, 1.165) is 0 Å². The number of benzene rings is 1. The zero-order chi connectivity index (χ0) is 18.0. The minimum atomic E-state index is -0.527. The number of carbonyl (C=O) groups is 1. The van der Waals surface area contributed by atoms with Crippen LogP contribution in [0.3, 0.4) is 0 Å². The molecular formula is C18H25BrFNO3. The van der Waals surface area contributed by atoms with E-state index in [1.165, 1.54) is 6.07 Å². The second kappa shape index (κ2) is 7.40. The van der Waals surface area contributed by atoms with Crippen molar-refractivity contribution in [2.75, 3.05) is 19.7 Å². The lowest BCUT2D eigenvalue weighted by Gasteiger charge is -2.41. The lowest BCUT2D eigenvalue weighted by Crippen LogP contribution is -2.47. The third-order valence-electron chi connectivity index (χ3n) is 4.42. The van der Waals surface area contributed by atoms with Crippen molar-refractivity contribution in [3.8, 4) is 0 Å². The average molecular weight is 402 g/mol. The van der Waals surface area contributed by atoms with Gasteiger partial charge in [0.15, 0.2) is 0 Å². The fraction of sp³-hybridized carbons (Fsp3) is 0.611. The number of aliphatic hydroxyl groups excluding tert-OH is 1. The summed E-state index contributed by atoms with van der Waals surface area (Å²) in [6.07, 6.45) is 1.34. The van der Waals surface area contributed by atoms with Gasteiger partial charge in [0.05, 0.1) is 0 Å². The Labute approximate surface area is 151 Å². The maximum atomic E-state index is 14.1. The number of hydrogen-bond donors (Lipinski definition) is 1. The van der Waals surface area contributed by atoms with Crippen molar-refractivity contribution in [3.63, 3.8) is 0 Å². The topological polar surface area (TPSA) is 49.8 Å². The van der Waals surface area contributed by atoms with Crippen molar-refractivity contribution in [1.82, 2.24) is 4.90 Å². The van der Waals surface area contributed by atoms with Gasteiger partial charge in [-0.2, -0.15) is 0 Å². The molecule has 1 aliphatic rings. The van der Waals surface area contributed by atoms with Crippen LogP contribution in [0.15, 0.2) is 22.7 Å². The third-order valence-corrected chi connectivity index (χ3v) is 5.17. The van der Waals surface area contributed by atoms with Crippen LogP contribution >= 0.6 is 15.9 Å². The Morgan fingerprint density at radius 1 is 1.38 bits per heavy atom. The first kappa shape index (κ1) is 19.2. The summed E-state index contributed by atoms with van der Waals surface area (Å²) in [5.74, 6) is -0.272. The van der Waals surface area contributed by atoms with Gasteiger partial charge in [-0.1, -0.05) is 22.0 Å². The normalized spacial score (nSPS) is 17.7. The van der Waals surface area contributed by atoms with Gasteiger partial charge in [-0.25, -0.2) is 9.18 Å². The third kappa shape index (κ3) is 4.70. The summed E-state index contributed by atoms with van der Waals surface area (Å²) in [6.45, 7) is 6.48. The number of carbonyl (C=O) groups excluding carboxylic acids is 1. The Bertz CT molecular complexity index is 572. The molecule has 1 N–H and O–H groups in total. The van der Waals surface area contributed by atoms with Gasteiger partial charge >= 0.3 is 6.09 Å². The number of halogens is 2. The molecule has 0 unspecified atom stereocenters. The molecule has 0 spiro atoms. The highest BCUT2D eigenvalue weighted by Gasteiger charge is 2.37. The summed E-state index contributed by atoms with van der Waals surface area (Å²) in [5.41, 5.74) is -0.360. The first-order valence-corrected chi connectivity index (χ1v) is 8.97. The number of amides is 1. The Balaban J connectivity index is 2.05. The molecule has 4 nitrogen and oxygen atoms in total. The zero-order valence-corrected chi connectivity index (χ0v) is 16.0. The van der Waals surface area contributed by atoms with Gasteiger partial charge < -0.3 is 14.7 Å². The largest absolute Gasteiger partial charge is 0.444 e. The monoisotopic (exact) mass is 401 g/mol. The quantitative estimate of drug-likeness (QED) is 0.827. The predicted octanol–water partition coefficient (Wildman–Crippen LogP) is 4.14. The van der Waals surface area contributed by atoms with E-state index in [4.69, 9.17) is 4.74 Å². The molecule has 1 fully saturated rings. The lowest BCUT2D eigenvalue weighted by molar-refractivity contribution is -0.000410. The maximum absolute atomic E-state index is 14.1. The molecule has 24 heavy (non-hydrogen) atoms. The average Bonchev–Trinajstić information content (AvgIpc) is 2.50. The second-order valence-electron chi connectivity index (χ2n) is 7.50. The molecule has 0 saturated carbocycles. The fourth-order valence-corrected chi connectivity index (χ4v) is 3.44. The van der Waals surface area contributed by atoms with Crippen molar-refractivity contribution >= 4 is 22.0 Å². The molecule has 1 aliphatic heterocycles. The number of ether oxygens (including phenoxy) is 1. The minimum absolute atomic E-state index is 0.0318. The Kier molecular flexibility index (Phi) is 5.91. The fourth-order valence-electron chi connectivity index (χ4n) is 2.96. The van der Waals surface area contributed by atoms with Crippen molar-refractivity contribution in [2.24, 2.45) is 5.41 Å². The first-order valence-electron chi connectivity index (χ1n) is 8.17. The van der Waals surface area contributed by atoms with Crippen LogP contribution in [-0.2, 0) is 11.2 Å². The van der Waals surface area contributed by atoms with Crippen LogP contribution in [0.1, 0.15) is 39.2 Å². The van der Waals surface area contributed by atoms with Crippen molar-refractivity contribution < 1.29 is 19.0 Å². The Morgan fingerprint density at radius 2 is 2.00 bits per heavy atom. The Hall–Kier alpha value is -1.14. The van der Waals surface area contributed by atoms with Crippen LogP contribution in [0.2, 0.25) is 0 Å². The van der Waals surface area contributed by atoms with Gasteiger partial charge in [-0.3, -0.25) is 0 Å². The molecule has 2 rings (SSSR count). The summed E-state index contributed by atoms with van der Waals surface area (Å²) >= 11 is 3.39. The summed E-state index contributed by atoms with van der Waals surface area (Å²) < 4.78 is 20.2. The van der Waals surface area contributed by atoms with Gasteiger partial charge in [0.25, 0.3) is 0 Å². The van der Waals surface area contributed by atoms with Gasteiger partial charge in [-0.15, -0.1) is 0 Å². The molecule has 0 bridgehead atoms. The standard InChI is InChI=1S/C18H25BrFNO3/c1-17(2,3)24-16(23)21-9-7-18(12-22,8-10-21)11-13-14(19)5-4-6-15(13)20/h4-6,22H,7-12H2,1-3H3. The highest BCUT2D eigenvalue weighted by molar-refractivity contribution is 9.10. The SMILES string of the molecule is CC(C)(C)OC(=O)N1CCC(CO)(Cc2c(F)cccc2Br)CC1. The first-order chi connectivity index (χ1) is 11.2. The van der Waals surface area contributed by atoms with Gasteiger partial charge in [0.2, 0.25) is 0 Å². The van der Waals surface area contributed by atoms with E-state index in [9.17, 15) is 14.3 Å². The highest BCUT2D eigenvalue weighted by Crippen LogP contribution is 2.37. The molecule has 6 heteroatoms. The van der Waals surface area contributed by atoms with Crippen molar-refractivity contribution in [1.29, 1.82) is 0 Å². The molecule has 134 valence electrons. The zero-order valence-electron chi connectivity index (χ0n) is 14.4. The van der Waals surface area contributed by atoms with Gasteiger partial charge in [0.1, 0.15) is 11.4 Å². The van der Waals surface area contributed by atoms with Gasteiger partial charge in [0, 0.05) is 35.1 Å². The molecule has 1 saturated heterocycles. The summed E-state index contributed by atoms with van der Waals surface area (Å²) in [7, 11) is 0. The summed E-state index contributed by atoms with van der Waals surface area (Å²) in [5, 5.41) is 9.92. The predicted molar refractivity (Wildman–Crippen MR) is 94.4 cm³/mol. The number of piperidine rings is 1. The molecular weight excluding hydrogens is 377 g/mol. The molecule has 1 amide bonds. The van der Waals surface area contributed by atoms with E-state index >= 15 is 0 Å². The number of likely N-dealkylation sites (tertiary alicyclic amines) is 1.